The normalized spacial score (nSPS) is 33.5. The Balaban J connectivity index is 1.81. The van der Waals surface area contributed by atoms with Gasteiger partial charge in [0.1, 0.15) is 0 Å². The number of primary amides is 1. The molecule has 5 atom stereocenters. The van der Waals surface area contributed by atoms with Gasteiger partial charge in [-0.1, -0.05) is 17.7 Å². The van der Waals surface area contributed by atoms with Crippen LogP contribution in [0.3, 0.4) is 0 Å². The van der Waals surface area contributed by atoms with E-state index >= 15 is 0 Å². The van der Waals surface area contributed by atoms with Gasteiger partial charge in [0, 0.05) is 23.4 Å². The Morgan fingerprint density at radius 3 is 2.62 bits per heavy atom. The highest BCUT2D eigenvalue weighted by molar-refractivity contribution is 7.10. The molecule has 5 rings (SSSR count). The van der Waals surface area contributed by atoms with Crippen LogP contribution >= 0.6 is 11.3 Å². The van der Waals surface area contributed by atoms with Crippen molar-refractivity contribution in [1.29, 1.82) is 0 Å². The van der Waals surface area contributed by atoms with E-state index in [1.165, 1.54) is 0 Å². The lowest BCUT2D eigenvalue weighted by molar-refractivity contribution is -0.136. The highest BCUT2D eigenvalue weighted by Crippen LogP contribution is 2.56. The van der Waals surface area contributed by atoms with Gasteiger partial charge in [-0.3, -0.25) is 14.5 Å². The third-order valence-electron chi connectivity index (χ3n) is 5.89. The Hall–Kier alpha value is -2.03. The molecule has 0 saturated carbocycles. The number of imide groups is 3. The maximum Gasteiger partial charge on any atom is 0.328 e. The van der Waals surface area contributed by atoms with Crippen molar-refractivity contribution in [1.82, 2.24) is 9.80 Å². The number of carbonyl (C=O) groups is 3. The molecule has 4 heterocycles. The molecule has 1 aromatic heterocycles. The van der Waals surface area contributed by atoms with E-state index in [1.807, 2.05) is 24.6 Å². The standard InChI is InChI=1S/C18H21N3O4S/c1-20-10-8-9(4-2-6-22)12(15(20)11-5-3-7-26-11)14-13(10)16(23)21(17(14)24)18(19)25/h3,5,7-8,10,12-15,22H,2,4,6H2,1H3,(H2,19,25). The predicted molar refractivity (Wildman–Crippen MR) is 94.9 cm³/mol. The summed E-state index contributed by atoms with van der Waals surface area (Å²) in [5.41, 5.74) is 6.40. The van der Waals surface area contributed by atoms with Gasteiger partial charge >= 0.3 is 6.03 Å². The van der Waals surface area contributed by atoms with Crippen LogP contribution in [-0.2, 0) is 9.59 Å². The second-order valence-corrected chi connectivity index (χ2v) is 8.09. The smallest absolute Gasteiger partial charge is 0.328 e. The van der Waals surface area contributed by atoms with Crippen molar-refractivity contribution in [3.63, 3.8) is 0 Å². The summed E-state index contributed by atoms with van der Waals surface area (Å²) in [6, 6.07) is 2.73. The number of likely N-dealkylation sites (tertiary alicyclic amines) is 1. The molecule has 5 unspecified atom stereocenters. The van der Waals surface area contributed by atoms with Crippen molar-refractivity contribution in [3.8, 4) is 0 Å². The molecule has 0 aromatic carbocycles. The van der Waals surface area contributed by atoms with E-state index in [4.69, 9.17) is 5.73 Å². The largest absolute Gasteiger partial charge is 0.396 e. The Morgan fingerprint density at radius 2 is 2.00 bits per heavy atom. The second kappa shape index (κ2) is 6.29. The third kappa shape index (κ3) is 2.29. The van der Waals surface area contributed by atoms with Gasteiger partial charge in [-0.2, -0.15) is 4.90 Å². The summed E-state index contributed by atoms with van der Waals surface area (Å²) < 4.78 is 0. The van der Waals surface area contributed by atoms with Crippen LogP contribution in [0.2, 0.25) is 0 Å². The first-order chi connectivity index (χ1) is 12.5. The average Bonchev–Trinajstić information content (AvgIpc) is 3.21. The number of nitrogens with two attached hydrogens (primary N) is 1. The number of hydrogen-bond acceptors (Lipinski definition) is 6. The fourth-order valence-electron chi connectivity index (χ4n) is 4.91. The van der Waals surface area contributed by atoms with E-state index in [9.17, 15) is 19.5 Å². The van der Waals surface area contributed by atoms with Gasteiger partial charge in [-0.25, -0.2) is 4.79 Å². The monoisotopic (exact) mass is 375 g/mol. The maximum absolute atomic E-state index is 12.9. The van der Waals surface area contributed by atoms with E-state index < -0.39 is 29.7 Å². The molecule has 3 N–H and O–H groups in total. The Bertz CT molecular complexity index is 790. The lowest BCUT2D eigenvalue weighted by Crippen LogP contribution is -2.57. The van der Waals surface area contributed by atoms with Crippen LogP contribution in [0.4, 0.5) is 4.79 Å². The van der Waals surface area contributed by atoms with Gasteiger partial charge in [-0.05, 0) is 31.3 Å². The molecule has 0 radical (unpaired) electrons. The van der Waals surface area contributed by atoms with E-state index in [0.717, 1.165) is 10.5 Å². The first kappa shape index (κ1) is 17.4. The first-order valence-electron chi connectivity index (χ1n) is 8.71. The number of nitrogens with zero attached hydrogens (tertiary/aromatic N) is 2. The van der Waals surface area contributed by atoms with Crippen molar-refractivity contribution in [2.45, 2.75) is 24.9 Å². The molecule has 3 aliphatic heterocycles. The first-order valence-corrected chi connectivity index (χ1v) is 9.59. The fourth-order valence-corrected chi connectivity index (χ4v) is 5.83. The second-order valence-electron chi connectivity index (χ2n) is 7.11. The summed E-state index contributed by atoms with van der Waals surface area (Å²) in [6.45, 7) is 0.0720. The van der Waals surface area contributed by atoms with Crippen LogP contribution in [0.1, 0.15) is 23.8 Å². The molecule has 7 nitrogen and oxygen atoms in total. The van der Waals surface area contributed by atoms with E-state index in [2.05, 4.69) is 11.0 Å². The van der Waals surface area contributed by atoms with E-state index in [0.29, 0.717) is 17.7 Å². The van der Waals surface area contributed by atoms with Crippen molar-refractivity contribution in [3.05, 3.63) is 34.0 Å². The predicted octanol–water partition coefficient (Wildman–Crippen LogP) is 1.11. The SMILES string of the molecule is CN1C2C=C(CCCO)C(C3C(=O)N(C(N)=O)C(=O)C32)C1c1cccs1. The zero-order valence-electron chi connectivity index (χ0n) is 14.4. The molecular weight excluding hydrogens is 354 g/mol. The van der Waals surface area contributed by atoms with Gasteiger partial charge in [0.05, 0.1) is 17.9 Å². The molecule has 138 valence electrons. The van der Waals surface area contributed by atoms with Gasteiger partial charge in [0.2, 0.25) is 11.8 Å². The number of piperidine rings is 1. The maximum atomic E-state index is 12.9. The molecule has 4 amide bonds. The van der Waals surface area contributed by atoms with Crippen LogP contribution in [0.15, 0.2) is 29.2 Å². The van der Waals surface area contributed by atoms with Gasteiger partial charge in [-0.15, -0.1) is 11.3 Å². The number of rotatable bonds is 4. The van der Waals surface area contributed by atoms with Crippen LogP contribution in [-0.4, -0.2) is 52.4 Å². The van der Waals surface area contributed by atoms with Crippen LogP contribution in [0.5, 0.6) is 0 Å². The van der Waals surface area contributed by atoms with Crippen molar-refractivity contribution < 1.29 is 19.5 Å². The number of aliphatic hydroxyl groups excluding tert-OH is 1. The lowest BCUT2D eigenvalue weighted by atomic mass is 9.62. The van der Waals surface area contributed by atoms with Gasteiger partial charge < -0.3 is 10.8 Å². The van der Waals surface area contributed by atoms with E-state index in [1.54, 1.807) is 11.3 Å². The summed E-state index contributed by atoms with van der Waals surface area (Å²) in [7, 11) is 1.96. The number of carbonyl (C=O) groups excluding carboxylic acids is 3. The Labute approximate surface area is 155 Å². The molecule has 1 aromatic rings. The van der Waals surface area contributed by atoms with Gasteiger partial charge in [0.25, 0.3) is 0 Å². The van der Waals surface area contributed by atoms with Crippen LogP contribution < -0.4 is 5.73 Å². The topological polar surface area (TPSA) is 104 Å². The van der Waals surface area contributed by atoms with Crippen LogP contribution in [0.25, 0.3) is 0 Å². The minimum absolute atomic E-state index is 0.0236. The number of hydrogen-bond donors (Lipinski definition) is 2. The minimum atomic E-state index is -0.999. The number of fused-ring (bicyclic) bond motifs is 1. The zero-order chi connectivity index (χ0) is 18.6. The number of thiophene rings is 1. The Morgan fingerprint density at radius 1 is 1.27 bits per heavy atom. The molecule has 26 heavy (non-hydrogen) atoms. The number of urea groups is 1. The summed E-state index contributed by atoms with van der Waals surface area (Å²) >= 11 is 1.62. The Kier molecular flexibility index (Phi) is 4.21. The molecule has 1 aliphatic carbocycles. The summed E-state index contributed by atoms with van der Waals surface area (Å²) in [5, 5.41) is 11.2. The number of likely N-dealkylation sites (N-methyl/N-ethyl adjacent to an activating group) is 1. The molecule has 2 bridgehead atoms. The quantitative estimate of drug-likeness (QED) is 0.606. The summed E-state index contributed by atoms with van der Waals surface area (Å²) in [6.07, 6.45) is 3.34. The fraction of sp³-hybridized carbons (Fsp3) is 0.500. The minimum Gasteiger partial charge on any atom is -0.396 e. The van der Waals surface area contributed by atoms with Crippen LogP contribution in [0, 0.1) is 17.8 Å². The van der Waals surface area contributed by atoms with Gasteiger partial charge in [0.15, 0.2) is 0 Å². The molecule has 0 spiro atoms. The average molecular weight is 375 g/mol. The number of aliphatic hydroxyl groups is 1. The highest BCUT2D eigenvalue weighted by atomic mass is 32.1. The molecule has 8 heteroatoms. The summed E-state index contributed by atoms with van der Waals surface area (Å²) in [4.78, 5) is 41.3. The highest BCUT2D eigenvalue weighted by Gasteiger charge is 2.64. The summed E-state index contributed by atoms with van der Waals surface area (Å²) in [5.74, 6) is -2.30. The molecular formula is C18H21N3O4S. The van der Waals surface area contributed by atoms with Crippen molar-refractivity contribution >= 4 is 29.2 Å². The van der Waals surface area contributed by atoms with E-state index in [-0.39, 0.29) is 24.6 Å². The van der Waals surface area contributed by atoms with Crippen molar-refractivity contribution in [2.24, 2.45) is 23.5 Å². The van der Waals surface area contributed by atoms with Crippen molar-refractivity contribution in [2.75, 3.05) is 13.7 Å². The molecule has 2 saturated heterocycles. The lowest BCUT2D eigenvalue weighted by Gasteiger charge is -2.53. The third-order valence-corrected chi connectivity index (χ3v) is 6.84. The molecule has 4 aliphatic rings. The molecule has 2 fully saturated rings. The number of amides is 4. The zero-order valence-corrected chi connectivity index (χ0v) is 15.2.